The smallest absolute Gasteiger partial charge is 0.387 e. The summed E-state index contributed by atoms with van der Waals surface area (Å²) in [5.74, 6) is -2.30. The van der Waals surface area contributed by atoms with Gasteiger partial charge in [0.2, 0.25) is 5.91 Å². The number of carbonyl (C=O) groups is 1. The number of nitrogens with one attached hydrogen (secondary N) is 1. The van der Waals surface area contributed by atoms with Crippen LogP contribution in [-0.2, 0) is 4.79 Å². The molecule has 1 aromatic carbocycles. The highest BCUT2D eigenvalue weighted by Crippen LogP contribution is 2.37. The van der Waals surface area contributed by atoms with Crippen molar-refractivity contribution in [3.8, 4) is 5.75 Å². The molecule has 0 bridgehead atoms. The molecular weight excluding hydrogens is 309 g/mol. The molecule has 0 atom stereocenters. The Kier molecular flexibility index (Phi) is 4.51. The first kappa shape index (κ1) is 15.8. The van der Waals surface area contributed by atoms with Crippen molar-refractivity contribution in [3.05, 3.63) is 23.0 Å². The van der Waals surface area contributed by atoms with Gasteiger partial charge in [-0.15, -0.1) is 0 Å². The zero-order chi connectivity index (χ0) is 15.6. The molecule has 0 saturated heterocycles. The number of primary amides is 1. The summed E-state index contributed by atoms with van der Waals surface area (Å²) in [6.07, 6.45) is 2.69. The summed E-state index contributed by atoms with van der Waals surface area (Å²) in [6.45, 7) is -3.18. The van der Waals surface area contributed by atoms with E-state index in [1.807, 2.05) is 0 Å². The second kappa shape index (κ2) is 6.01. The second-order valence-electron chi connectivity index (χ2n) is 4.93. The SMILES string of the molecule is NC(=O)C1(Nc2cc(F)c(OC(F)F)c(Cl)c2)CCCC1. The Morgan fingerprint density at radius 1 is 1.38 bits per heavy atom. The third kappa shape index (κ3) is 3.34. The molecule has 0 heterocycles. The standard InChI is InChI=1S/C13H14ClF3N2O2/c14-8-5-7(6-9(15)10(8)21-12(16)17)19-13(11(18)20)3-1-2-4-13/h5-6,12,19H,1-4H2,(H2,18,20). The zero-order valence-corrected chi connectivity index (χ0v) is 11.7. The van der Waals surface area contributed by atoms with Crippen LogP contribution >= 0.6 is 11.6 Å². The quantitative estimate of drug-likeness (QED) is 0.874. The van der Waals surface area contributed by atoms with Crippen molar-refractivity contribution < 1.29 is 22.7 Å². The summed E-state index contributed by atoms with van der Waals surface area (Å²) in [5.41, 5.74) is 4.64. The summed E-state index contributed by atoms with van der Waals surface area (Å²) in [5, 5.41) is 2.56. The fourth-order valence-electron chi connectivity index (χ4n) is 2.52. The van der Waals surface area contributed by atoms with E-state index >= 15 is 0 Å². The van der Waals surface area contributed by atoms with Crippen LogP contribution in [0.5, 0.6) is 5.75 Å². The third-order valence-corrected chi connectivity index (χ3v) is 3.80. The van der Waals surface area contributed by atoms with Gasteiger partial charge < -0.3 is 15.8 Å². The van der Waals surface area contributed by atoms with E-state index in [-0.39, 0.29) is 10.7 Å². The molecule has 21 heavy (non-hydrogen) atoms. The fourth-order valence-corrected chi connectivity index (χ4v) is 2.77. The van der Waals surface area contributed by atoms with Crippen LogP contribution in [0.4, 0.5) is 18.9 Å². The summed E-state index contributed by atoms with van der Waals surface area (Å²) < 4.78 is 42.1. The largest absolute Gasteiger partial charge is 0.430 e. The van der Waals surface area contributed by atoms with Gasteiger partial charge in [0, 0.05) is 11.8 Å². The van der Waals surface area contributed by atoms with E-state index in [2.05, 4.69) is 10.1 Å². The maximum atomic E-state index is 13.8. The molecule has 1 aromatic rings. The Labute approximate surface area is 124 Å². The predicted octanol–water partition coefficient (Wildman–Crippen LogP) is 3.29. The molecule has 1 fully saturated rings. The highest BCUT2D eigenvalue weighted by molar-refractivity contribution is 6.32. The van der Waals surface area contributed by atoms with E-state index in [0.29, 0.717) is 12.8 Å². The Hall–Kier alpha value is -1.63. The number of alkyl halides is 2. The van der Waals surface area contributed by atoms with E-state index < -0.39 is 29.6 Å². The van der Waals surface area contributed by atoms with Crippen molar-refractivity contribution >= 4 is 23.2 Å². The number of hydrogen-bond donors (Lipinski definition) is 2. The number of ether oxygens (including phenoxy) is 1. The highest BCUT2D eigenvalue weighted by atomic mass is 35.5. The number of hydrogen-bond acceptors (Lipinski definition) is 3. The number of halogens is 4. The van der Waals surface area contributed by atoms with Crippen molar-refractivity contribution in [2.45, 2.75) is 37.8 Å². The lowest BCUT2D eigenvalue weighted by atomic mass is 9.96. The number of anilines is 1. The van der Waals surface area contributed by atoms with Crippen LogP contribution in [0.1, 0.15) is 25.7 Å². The van der Waals surface area contributed by atoms with Gasteiger partial charge >= 0.3 is 6.61 Å². The van der Waals surface area contributed by atoms with Gasteiger partial charge in [0.1, 0.15) is 5.54 Å². The Morgan fingerprint density at radius 2 is 2.00 bits per heavy atom. The van der Waals surface area contributed by atoms with Gasteiger partial charge in [-0.05, 0) is 18.9 Å². The van der Waals surface area contributed by atoms with Crippen molar-refractivity contribution in [1.82, 2.24) is 0 Å². The average Bonchev–Trinajstić information content (AvgIpc) is 2.83. The molecule has 1 amide bonds. The molecule has 4 nitrogen and oxygen atoms in total. The van der Waals surface area contributed by atoms with Crippen LogP contribution in [0.25, 0.3) is 0 Å². The van der Waals surface area contributed by atoms with Crippen LogP contribution < -0.4 is 15.8 Å². The molecule has 0 aliphatic heterocycles. The van der Waals surface area contributed by atoms with Gasteiger partial charge in [-0.2, -0.15) is 8.78 Å². The Morgan fingerprint density at radius 3 is 2.48 bits per heavy atom. The lowest BCUT2D eigenvalue weighted by molar-refractivity contribution is -0.122. The first-order valence-corrected chi connectivity index (χ1v) is 6.74. The number of rotatable bonds is 5. The molecular formula is C13H14ClF3N2O2. The molecule has 1 saturated carbocycles. The Balaban J connectivity index is 2.27. The van der Waals surface area contributed by atoms with Crippen LogP contribution in [-0.4, -0.2) is 18.1 Å². The summed E-state index contributed by atoms with van der Waals surface area (Å²) in [6, 6.07) is 2.18. The van der Waals surface area contributed by atoms with E-state index in [4.69, 9.17) is 17.3 Å². The van der Waals surface area contributed by atoms with Crippen molar-refractivity contribution in [1.29, 1.82) is 0 Å². The molecule has 1 aliphatic rings. The van der Waals surface area contributed by atoms with Crippen LogP contribution in [0.3, 0.4) is 0 Å². The van der Waals surface area contributed by atoms with Crippen LogP contribution in [0.2, 0.25) is 5.02 Å². The minimum Gasteiger partial charge on any atom is -0.430 e. The number of benzene rings is 1. The van der Waals surface area contributed by atoms with Crippen molar-refractivity contribution in [3.63, 3.8) is 0 Å². The molecule has 0 spiro atoms. The summed E-state index contributed by atoms with van der Waals surface area (Å²) in [7, 11) is 0. The van der Waals surface area contributed by atoms with E-state index in [1.54, 1.807) is 0 Å². The monoisotopic (exact) mass is 322 g/mol. The van der Waals surface area contributed by atoms with E-state index in [1.165, 1.54) is 6.07 Å². The number of carbonyl (C=O) groups excluding carboxylic acids is 1. The second-order valence-corrected chi connectivity index (χ2v) is 5.33. The average molecular weight is 323 g/mol. The lowest BCUT2D eigenvalue weighted by Crippen LogP contribution is -2.48. The predicted molar refractivity (Wildman–Crippen MR) is 72.1 cm³/mol. The van der Waals surface area contributed by atoms with Gasteiger partial charge in [0.25, 0.3) is 0 Å². The van der Waals surface area contributed by atoms with Gasteiger partial charge in [0.15, 0.2) is 11.6 Å². The maximum Gasteiger partial charge on any atom is 0.387 e. The van der Waals surface area contributed by atoms with E-state index in [9.17, 15) is 18.0 Å². The van der Waals surface area contributed by atoms with E-state index in [0.717, 1.165) is 18.9 Å². The van der Waals surface area contributed by atoms with Gasteiger partial charge in [-0.25, -0.2) is 4.39 Å². The molecule has 0 radical (unpaired) electrons. The van der Waals surface area contributed by atoms with Crippen LogP contribution in [0, 0.1) is 5.82 Å². The summed E-state index contributed by atoms with van der Waals surface area (Å²) >= 11 is 5.73. The summed E-state index contributed by atoms with van der Waals surface area (Å²) in [4.78, 5) is 11.6. The maximum absolute atomic E-state index is 13.8. The molecule has 1 aliphatic carbocycles. The number of amides is 1. The van der Waals surface area contributed by atoms with Gasteiger partial charge in [-0.1, -0.05) is 24.4 Å². The molecule has 3 N–H and O–H groups in total. The number of nitrogens with two attached hydrogens (primary N) is 1. The zero-order valence-electron chi connectivity index (χ0n) is 11.0. The first-order valence-electron chi connectivity index (χ1n) is 6.36. The minimum atomic E-state index is -3.18. The van der Waals surface area contributed by atoms with Crippen molar-refractivity contribution in [2.75, 3.05) is 5.32 Å². The topological polar surface area (TPSA) is 64.4 Å². The normalized spacial score (nSPS) is 17.0. The first-order chi connectivity index (χ1) is 9.84. The van der Waals surface area contributed by atoms with Gasteiger partial charge in [0.05, 0.1) is 5.02 Å². The minimum absolute atomic E-state index is 0.194. The lowest BCUT2D eigenvalue weighted by Gasteiger charge is -2.28. The van der Waals surface area contributed by atoms with Gasteiger partial charge in [-0.3, -0.25) is 4.79 Å². The third-order valence-electron chi connectivity index (χ3n) is 3.52. The molecule has 8 heteroatoms. The molecule has 116 valence electrons. The highest BCUT2D eigenvalue weighted by Gasteiger charge is 2.39. The Bertz CT molecular complexity index is 525. The van der Waals surface area contributed by atoms with Crippen molar-refractivity contribution in [2.24, 2.45) is 5.73 Å². The molecule has 2 rings (SSSR count). The van der Waals surface area contributed by atoms with Crippen LogP contribution in [0.15, 0.2) is 12.1 Å². The molecule has 0 aromatic heterocycles. The molecule has 0 unspecified atom stereocenters. The fraction of sp³-hybridized carbons (Fsp3) is 0.462.